The van der Waals surface area contributed by atoms with Crippen LogP contribution >= 0.6 is 0 Å². The van der Waals surface area contributed by atoms with Gasteiger partial charge in [-0.2, -0.15) is 10.2 Å². The van der Waals surface area contributed by atoms with Crippen LogP contribution in [0.2, 0.25) is 18.1 Å². The number of carbonyl (C=O) groups is 1. The minimum Gasteiger partial charge on any atom is -0.474 e. The Hall–Kier alpha value is -2.96. The van der Waals surface area contributed by atoms with Gasteiger partial charge in [0.1, 0.15) is 12.4 Å². The highest BCUT2D eigenvalue weighted by atomic mass is 28.4. The zero-order chi connectivity index (χ0) is 24.1. The lowest BCUT2D eigenvalue weighted by Crippen LogP contribution is -2.44. The number of nitrogen functional groups attached to an aromatic ring is 1. The van der Waals surface area contributed by atoms with Crippen LogP contribution in [-0.4, -0.2) is 43.6 Å². The number of anilines is 1. The number of nitriles is 1. The van der Waals surface area contributed by atoms with Gasteiger partial charge in [-0.1, -0.05) is 32.9 Å². The number of aromatic nitrogens is 2. The number of rotatable bonds is 8. The van der Waals surface area contributed by atoms with E-state index in [0.29, 0.717) is 11.1 Å². The molecule has 0 aliphatic heterocycles. The van der Waals surface area contributed by atoms with E-state index in [4.69, 9.17) is 19.6 Å². The van der Waals surface area contributed by atoms with Gasteiger partial charge in [0.05, 0.1) is 24.3 Å². The summed E-state index contributed by atoms with van der Waals surface area (Å²) in [5.41, 5.74) is 7.12. The predicted octanol–water partition coefficient (Wildman–Crippen LogP) is 4.56. The van der Waals surface area contributed by atoms with Crippen molar-refractivity contribution >= 4 is 20.1 Å². The number of carbonyl (C=O) groups excluding carboxylic acids is 1. The van der Waals surface area contributed by atoms with Crippen LogP contribution in [0.1, 0.15) is 50.5 Å². The number of nitrogens with two attached hydrogens (primary N) is 1. The fourth-order valence-corrected chi connectivity index (χ4v) is 4.15. The molecule has 0 bridgehead atoms. The fourth-order valence-electron chi connectivity index (χ4n) is 2.72. The van der Waals surface area contributed by atoms with E-state index in [2.05, 4.69) is 49.9 Å². The fraction of sp³-hybridized carbons (Fsp3) is 0.478. The first-order valence-corrected chi connectivity index (χ1v) is 13.5. The first kappa shape index (κ1) is 25.3. The minimum absolute atomic E-state index is 0.0217. The highest BCUT2D eigenvalue weighted by Gasteiger charge is 2.38. The lowest BCUT2D eigenvalue weighted by atomic mass is 10.1. The Bertz CT molecular complexity index is 1010. The van der Waals surface area contributed by atoms with E-state index in [0.717, 1.165) is 0 Å². The predicted molar refractivity (Wildman–Crippen MR) is 126 cm³/mol. The van der Waals surface area contributed by atoms with Crippen molar-refractivity contribution in [1.82, 2.24) is 9.97 Å². The molecule has 0 spiro atoms. The number of hydrogen-bond donors (Lipinski definition) is 1. The van der Waals surface area contributed by atoms with Crippen LogP contribution in [0.4, 0.5) is 5.82 Å². The second-order valence-corrected chi connectivity index (χ2v) is 13.8. The van der Waals surface area contributed by atoms with Gasteiger partial charge < -0.3 is 19.6 Å². The third-order valence-electron chi connectivity index (χ3n) is 5.39. The Balaban J connectivity index is 2.38. The Kier molecular flexibility index (Phi) is 7.99. The zero-order valence-corrected chi connectivity index (χ0v) is 20.9. The molecule has 1 heterocycles. The van der Waals surface area contributed by atoms with Crippen molar-refractivity contribution in [3.05, 3.63) is 35.4 Å². The maximum Gasteiger partial charge on any atom is 0.347 e. The summed E-state index contributed by atoms with van der Waals surface area (Å²) in [6.07, 6.45) is -0.229. The van der Waals surface area contributed by atoms with Gasteiger partial charge in [-0.15, -0.1) is 0 Å². The summed E-state index contributed by atoms with van der Waals surface area (Å²) < 4.78 is 17.4. The summed E-state index contributed by atoms with van der Waals surface area (Å²) in [7, 11) is -2.00. The van der Waals surface area contributed by atoms with Gasteiger partial charge >= 0.3 is 5.97 Å². The molecular formula is C23H32N4O4Si. The summed E-state index contributed by atoms with van der Waals surface area (Å²) in [5, 5.41) is 9.23. The van der Waals surface area contributed by atoms with Crippen LogP contribution in [0, 0.1) is 11.3 Å². The summed E-state index contributed by atoms with van der Waals surface area (Å²) in [4.78, 5) is 21.2. The van der Waals surface area contributed by atoms with Crippen molar-refractivity contribution < 1.29 is 18.7 Å². The second kappa shape index (κ2) is 10.1. The highest BCUT2D eigenvalue weighted by Crippen LogP contribution is 2.37. The molecule has 0 saturated carbocycles. The summed E-state index contributed by atoms with van der Waals surface area (Å²) in [6.45, 7) is 14.8. The second-order valence-electron chi connectivity index (χ2n) is 9.03. The maximum atomic E-state index is 12.5. The smallest absolute Gasteiger partial charge is 0.347 e. The third kappa shape index (κ3) is 6.05. The molecule has 2 aromatic rings. The minimum atomic E-state index is -2.00. The van der Waals surface area contributed by atoms with Gasteiger partial charge in [-0.05, 0) is 44.1 Å². The Morgan fingerprint density at radius 1 is 1.28 bits per heavy atom. The van der Waals surface area contributed by atoms with E-state index < -0.39 is 14.3 Å². The van der Waals surface area contributed by atoms with E-state index in [-0.39, 0.29) is 47.4 Å². The molecule has 0 aliphatic carbocycles. The molecule has 2 rings (SSSR count). The van der Waals surface area contributed by atoms with E-state index in [1.807, 2.05) is 6.92 Å². The van der Waals surface area contributed by atoms with Gasteiger partial charge in [0.2, 0.25) is 5.88 Å². The summed E-state index contributed by atoms with van der Waals surface area (Å²) in [5.74, 6) is -0.432. The molecule has 0 saturated heterocycles. The van der Waals surface area contributed by atoms with E-state index in [1.165, 1.54) is 0 Å². The Labute approximate surface area is 190 Å². The largest absolute Gasteiger partial charge is 0.474 e. The number of nitrogens with zero attached hydrogens (tertiary/aromatic N) is 3. The summed E-state index contributed by atoms with van der Waals surface area (Å²) >= 11 is 0. The number of esters is 1. The van der Waals surface area contributed by atoms with Crippen LogP contribution < -0.4 is 10.5 Å². The van der Waals surface area contributed by atoms with Crippen LogP contribution in [0.5, 0.6) is 5.88 Å². The molecule has 1 aromatic carbocycles. The molecule has 0 fully saturated rings. The number of benzene rings is 1. The van der Waals surface area contributed by atoms with Crippen LogP contribution in [0.15, 0.2) is 24.3 Å². The van der Waals surface area contributed by atoms with Gasteiger partial charge in [0.15, 0.2) is 19.7 Å². The molecule has 9 heteroatoms. The van der Waals surface area contributed by atoms with Crippen molar-refractivity contribution in [2.75, 3.05) is 18.9 Å². The van der Waals surface area contributed by atoms with Crippen molar-refractivity contribution in [3.8, 4) is 23.3 Å². The van der Waals surface area contributed by atoms with Crippen molar-refractivity contribution in [2.45, 2.75) is 58.9 Å². The van der Waals surface area contributed by atoms with Gasteiger partial charge in [-0.25, -0.2) is 9.78 Å². The molecule has 1 atom stereocenters. The van der Waals surface area contributed by atoms with Crippen LogP contribution in [0.3, 0.4) is 0 Å². The molecule has 32 heavy (non-hydrogen) atoms. The Morgan fingerprint density at radius 2 is 1.97 bits per heavy atom. The molecular weight excluding hydrogens is 424 g/mol. The lowest BCUT2D eigenvalue weighted by Gasteiger charge is -2.38. The molecule has 0 radical (unpaired) electrons. The number of ether oxygens (including phenoxy) is 2. The molecule has 8 nitrogen and oxygen atoms in total. The lowest BCUT2D eigenvalue weighted by molar-refractivity contribution is 0.0517. The van der Waals surface area contributed by atoms with Crippen LogP contribution in [0.25, 0.3) is 11.4 Å². The van der Waals surface area contributed by atoms with E-state index in [9.17, 15) is 10.1 Å². The first-order valence-electron chi connectivity index (χ1n) is 10.6. The molecule has 0 amide bonds. The first-order chi connectivity index (χ1) is 14.9. The maximum absolute atomic E-state index is 12.5. The molecule has 1 unspecified atom stereocenters. The van der Waals surface area contributed by atoms with Crippen molar-refractivity contribution in [2.24, 2.45) is 0 Å². The average Bonchev–Trinajstić information content (AvgIpc) is 2.70. The standard InChI is InChI=1S/C23H32N4O4Si/c1-8-29-22(28)18-19(25)26-20(17-11-9-10-16(12-17)13-24)27-21(18)30-14-15(2)31-32(6,7)23(3,4)5/h9-12,15H,8,14H2,1-7H3,(H2,25,26,27). The normalized spacial score (nSPS) is 12.7. The molecule has 0 aliphatic rings. The molecule has 172 valence electrons. The summed E-state index contributed by atoms with van der Waals surface area (Å²) in [6, 6.07) is 8.89. The quantitative estimate of drug-likeness (QED) is 0.453. The van der Waals surface area contributed by atoms with Gasteiger partial charge in [0.25, 0.3) is 0 Å². The van der Waals surface area contributed by atoms with Crippen molar-refractivity contribution in [3.63, 3.8) is 0 Å². The molecule has 2 N–H and O–H groups in total. The highest BCUT2D eigenvalue weighted by molar-refractivity contribution is 6.74. The van der Waals surface area contributed by atoms with Crippen LogP contribution in [-0.2, 0) is 9.16 Å². The average molecular weight is 457 g/mol. The van der Waals surface area contributed by atoms with E-state index in [1.54, 1.807) is 31.2 Å². The number of hydrogen-bond acceptors (Lipinski definition) is 8. The Morgan fingerprint density at radius 3 is 2.56 bits per heavy atom. The zero-order valence-electron chi connectivity index (χ0n) is 19.9. The monoisotopic (exact) mass is 456 g/mol. The third-order valence-corrected chi connectivity index (χ3v) is 9.99. The topological polar surface area (TPSA) is 120 Å². The van der Waals surface area contributed by atoms with Gasteiger partial charge in [-0.3, -0.25) is 0 Å². The molecule has 1 aromatic heterocycles. The SMILES string of the molecule is CCOC(=O)c1c(N)nc(-c2cccc(C#N)c2)nc1OCC(C)O[Si](C)(C)C(C)(C)C. The van der Waals surface area contributed by atoms with E-state index >= 15 is 0 Å². The van der Waals surface area contributed by atoms with Crippen molar-refractivity contribution in [1.29, 1.82) is 5.26 Å². The van der Waals surface area contributed by atoms with Gasteiger partial charge in [0, 0.05) is 5.56 Å².